The predicted molar refractivity (Wildman–Crippen MR) is 114 cm³/mol. The van der Waals surface area contributed by atoms with Crippen molar-refractivity contribution in [2.75, 3.05) is 41.0 Å². The van der Waals surface area contributed by atoms with Gasteiger partial charge in [-0.2, -0.15) is 0 Å². The molecule has 2 aliphatic rings. The van der Waals surface area contributed by atoms with Gasteiger partial charge in [0.25, 0.3) is 5.91 Å². The third-order valence-electron chi connectivity index (χ3n) is 6.79. The largest absolute Gasteiger partial charge is 0.493 e. The summed E-state index contributed by atoms with van der Waals surface area (Å²) in [6, 6.07) is 3.96. The molecule has 2 fully saturated rings. The molecule has 168 valence electrons. The molecular formula is C23H37N2O5+. The van der Waals surface area contributed by atoms with Crippen molar-refractivity contribution in [2.45, 2.75) is 57.1 Å². The van der Waals surface area contributed by atoms with E-state index in [1.165, 1.54) is 4.90 Å². The first-order chi connectivity index (χ1) is 14.5. The standard InChI is InChI=1S/C23H36N2O5/c1-5-11-24-20(26)15-25-12-10-23(27)9-7-6-8-17(23)21(25)16-13-18(28-2)22(30-4)19(14-16)29-3/h13-14,17,21,27H,5-12,15H2,1-4H3,(H,24,26)/p+1/t17-,21-,23-/m0/s1. The minimum Gasteiger partial charge on any atom is -0.493 e. The Morgan fingerprint density at radius 1 is 1.17 bits per heavy atom. The molecule has 1 aliphatic heterocycles. The van der Waals surface area contributed by atoms with Crippen LogP contribution in [0, 0.1) is 5.92 Å². The molecule has 3 N–H and O–H groups in total. The van der Waals surface area contributed by atoms with Gasteiger partial charge < -0.3 is 29.5 Å². The van der Waals surface area contributed by atoms with Gasteiger partial charge in [-0.1, -0.05) is 19.8 Å². The van der Waals surface area contributed by atoms with Gasteiger partial charge in [0.2, 0.25) is 5.75 Å². The van der Waals surface area contributed by atoms with Crippen LogP contribution in [0.2, 0.25) is 0 Å². The molecule has 1 saturated carbocycles. The number of carbonyl (C=O) groups is 1. The maximum atomic E-state index is 12.6. The molecule has 0 radical (unpaired) electrons. The van der Waals surface area contributed by atoms with Gasteiger partial charge in [0, 0.05) is 24.4 Å². The van der Waals surface area contributed by atoms with Crippen LogP contribution in [0.3, 0.4) is 0 Å². The quantitative estimate of drug-likeness (QED) is 0.593. The number of nitrogens with one attached hydrogen (secondary N) is 2. The Hall–Kier alpha value is -1.99. The number of likely N-dealkylation sites (tertiary alicyclic amines) is 1. The van der Waals surface area contributed by atoms with Crippen molar-refractivity contribution in [3.8, 4) is 17.2 Å². The minimum absolute atomic E-state index is 0.00914. The van der Waals surface area contributed by atoms with Crippen LogP contribution in [0.25, 0.3) is 0 Å². The Kier molecular flexibility index (Phi) is 7.47. The molecule has 1 aromatic rings. The van der Waals surface area contributed by atoms with Crippen molar-refractivity contribution in [1.82, 2.24) is 5.32 Å². The van der Waals surface area contributed by atoms with Crippen molar-refractivity contribution in [3.05, 3.63) is 17.7 Å². The Bertz CT molecular complexity index is 715. The first-order valence-electron chi connectivity index (χ1n) is 11.1. The average Bonchev–Trinajstić information content (AvgIpc) is 2.76. The maximum Gasteiger partial charge on any atom is 0.275 e. The number of amides is 1. The molecule has 0 spiro atoms. The second kappa shape index (κ2) is 9.88. The van der Waals surface area contributed by atoms with Crippen molar-refractivity contribution in [1.29, 1.82) is 0 Å². The van der Waals surface area contributed by atoms with Crippen molar-refractivity contribution in [3.63, 3.8) is 0 Å². The van der Waals surface area contributed by atoms with Crippen molar-refractivity contribution >= 4 is 5.91 Å². The van der Waals surface area contributed by atoms with Crippen LogP contribution in [0.1, 0.15) is 57.1 Å². The highest BCUT2D eigenvalue weighted by molar-refractivity contribution is 5.76. The van der Waals surface area contributed by atoms with E-state index in [0.29, 0.717) is 30.3 Å². The molecule has 7 nitrogen and oxygen atoms in total. The number of quaternary nitrogens is 1. The molecule has 0 bridgehead atoms. The summed E-state index contributed by atoms with van der Waals surface area (Å²) in [4.78, 5) is 13.8. The highest BCUT2D eigenvalue weighted by atomic mass is 16.5. The Balaban J connectivity index is 2.01. The number of piperidine rings is 1. The van der Waals surface area contributed by atoms with Gasteiger partial charge >= 0.3 is 0 Å². The molecule has 4 atom stereocenters. The van der Waals surface area contributed by atoms with Crippen LogP contribution in [-0.2, 0) is 4.79 Å². The maximum absolute atomic E-state index is 12.6. The molecule has 30 heavy (non-hydrogen) atoms. The van der Waals surface area contributed by atoms with E-state index in [1.807, 2.05) is 12.1 Å². The Morgan fingerprint density at radius 2 is 1.87 bits per heavy atom. The molecule has 1 unspecified atom stereocenters. The van der Waals surface area contributed by atoms with Crippen LogP contribution in [0.4, 0.5) is 0 Å². The lowest BCUT2D eigenvalue weighted by molar-refractivity contribution is -0.937. The van der Waals surface area contributed by atoms with E-state index in [1.54, 1.807) is 21.3 Å². The van der Waals surface area contributed by atoms with Gasteiger partial charge in [-0.25, -0.2) is 0 Å². The monoisotopic (exact) mass is 421 g/mol. The van der Waals surface area contributed by atoms with E-state index in [-0.39, 0.29) is 17.9 Å². The first-order valence-corrected chi connectivity index (χ1v) is 11.1. The van der Waals surface area contributed by atoms with Crippen LogP contribution in [0.15, 0.2) is 12.1 Å². The summed E-state index contributed by atoms with van der Waals surface area (Å²) in [5, 5.41) is 14.5. The summed E-state index contributed by atoms with van der Waals surface area (Å²) in [5.74, 6) is 1.92. The highest BCUT2D eigenvalue weighted by Gasteiger charge is 2.52. The molecule has 1 aromatic carbocycles. The lowest BCUT2D eigenvalue weighted by Crippen LogP contribution is -3.16. The van der Waals surface area contributed by atoms with Crippen molar-refractivity contribution in [2.24, 2.45) is 5.92 Å². The normalized spacial score (nSPS) is 28.4. The molecule has 3 rings (SSSR count). The number of hydrogen-bond donors (Lipinski definition) is 3. The zero-order valence-corrected chi connectivity index (χ0v) is 18.8. The van der Waals surface area contributed by atoms with Gasteiger partial charge in [-0.3, -0.25) is 4.79 Å². The lowest BCUT2D eigenvalue weighted by Gasteiger charge is -2.50. The number of hydrogen-bond acceptors (Lipinski definition) is 5. The molecule has 1 aliphatic carbocycles. The van der Waals surface area contributed by atoms with E-state index < -0.39 is 5.60 Å². The summed E-state index contributed by atoms with van der Waals surface area (Å²) in [7, 11) is 4.82. The number of fused-ring (bicyclic) bond motifs is 1. The van der Waals surface area contributed by atoms with E-state index in [4.69, 9.17) is 14.2 Å². The van der Waals surface area contributed by atoms with Gasteiger partial charge in [0.1, 0.15) is 6.04 Å². The molecule has 1 saturated heterocycles. The van der Waals surface area contributed by atoms with Crippen molar-refractivity contribution < 1.29 is 29.0 Å². The van der Waals surface area contributed by atoms with Crippen LogP contribution in [0.5, 0.6) is 17.2 Å². The number of rotatable bonds is 8. The third-order valence-corrected chi connectivity index (χ3v) is 6.79. The fourth-order valence-electron chi connectivity index (χ4n) is 5.33. The van der Waals surface area contributed by atoms with E-state index in [9.17, 15) is 9.90 Å². The zero-order chi connectivity index (χ0) is 21.7. The summed E-state index contributed by atoms with van der Waals surface area (Å²) in [5.41, 5.74) is 0.347. The molecule has 0 aromatic heterocycles. The molecule has 1 amide bonds. The minimum atomic E-state index is -0.674. The number of ether oxygens (including phenoxy) is 3. The number of carbonyl (C=O) groups excluding carboxylic acids is 1. The van der Waals surface area contributed by atoms with E-state index in [0.717, 1.165) is 50.6 Å². The summed E-state index contributed by atoms with van der Waals surface area (Å²) in [6.07, 6.45) is 5.59. The second-order valence-corrected chi connectivity index (χ2v) is 8.58. The zero-order valence-electron chi connectivity index (χ0n) is 18.8. The fraction of sp³-hybridized carbons (Fsp3) is 0.696. The highest BCUT2D eigenvalue weighted by Crippen LogP contribution is 2.47. The third kappa shape index (κ3) is 4.52. The summed E-state index contributed by atoms with van der Waals surface area (Å²) < 4.78 is 16.7. The summed E-state index contributed by atoms with van der Waals surface area (Å²) in [6.45, 7) is 3.89. The van der Waals surface area contributed by atoms with E-state index >= 15 is 0 Å². The SMILES string of the molecule is CCCNC(=O)C[NH+]1CC[C@@]2(O)CCCC[C@H]2[C@@H]1c1cc(OC)c(OC)c(OC)c1. The smallest absolute Gasteiger partial charge is 0.275 e. The van der Waals surface area contributed by atoms with Gasteiger partial charge in [0.15, 0.2) is 18.0 Å². The topological polar surface area (TPSA) is 81.5 Å². The second-order valence-electron chi connectivity index (χ2n) is 8.58. The Labute approximate surface area is 179 Å². The predicted octanol–water partition coefficient (Wildman–Crippen LogP) is 1.49. The van der Waals surface area contributed by atoms with Gasteiger partial charge in [0.05, 0.1) is 33.5 Å². The Morgan fingerprint density at radius 3 is 2.47 bits per heavy atom. The molecule has 7 heteroatoms. The fourth-order valence-corrected chi connectivity index (χ4v) is 5.33. The van der Waals surface area contributed by atoms with Crippen LogP contribution < -0.4 is 24.4 Å². The molecule has 1 heterocycles. The summed E-state index contributed by atoms with van der Waals surface area (Å²) >= 11 is 0. The van der Waals surface area contributed by atoms with E-state index in [2.05, 4.69) is 12.2 Å². The number of benzene rings is 1. The lowest BCUT2D eigenvalue weighted by atomic mass is 9.66. The average molecular weight is 422 g/mol. The van der Waals surface area contributed by atoms with Gasteiger partial charge in [-0.15, -0.1) is 0 Å². The number of methoxy groups -OCH3 is 3. The van der Waals surface area contributed by atoms with Crippen LogP contribution in [-0.4, -0.2) is 57.6 Å². The first kappa shape index (κ1) is 22.7. The van der Waals surface area contributed by atoms with Crippen LogP contribution >= 0.6 is 0 Å². The van der Waals surface area contributed by atoms with Gasteiger partial charge in [-0.05, 0) is 31.4 Å². The molecular weight excluding hydrogens is 384 g/mol. The number of aliphatic hydroxyl groups is 1.